The Morgan fingerprint density at radius 1 is 1.45 bits per heavy atom. The topological polar surface area (TPSA) is 66.1 Å². The van der Waals surface area contributed by atoms with Crippen LogP contribution in [0, 0.1) is 13.8 Å². The number of nitrogens with zero attached hydrogens (tertiary/aromatic N) is 2. The Kier molecular flexibility index (Phi) is 5.28. The lowest BCUT2D eigenvalue weighted by Gasteiger charge is -2.19. The number of hydrogen-bond acceptors (Lipinski definition) is 5. The molecule has 0 radical (unpaired) electrons. The molecule has 0 aliphatic carbocycles. The van der Waals surface area contributed by atoms with Crippen LogP contribution in [0.25, 0.3) is 10.2 Å². The zero-order chi connectivity index (χ0) is 16.4. The van der Waals surface area contributed by atoms with Crippen LogP contribution in [0.4, 0.5) is 0 Å². The summed E-state index contributed by atoms with van der Waals surface area (Å²) in [5.41, 5.74) is 0.910. The second-order valence-electron chi connectivity index (χ2n) is 5.28. The van der Waals surface area contributed by atoms with Gasteiger partial charge in [0.1, 0.15) is 10.7 Å². The normalized spacial score (nSPS) is 12.6. The number of H-pyrrole nitrogens is 1. The fraction of sp³-hybridized carbons (Fsp3) is 0.533. The zero-order valence-corrected chi connectivity index (χ0v) is 15.2. The number of carbonyl (C=O) groups is 1. The van der Waals surface area contributed by atoms with Crippen LogP contribution in [0.15, 0.2) is 4.79 Å². The average Bonchev–Trinajstić information content (AvgIpc) is 2.78. The zero-order valence-electron chi connectivity index (χ0n) is 13.5. The molecule has 0 aliphatic heterocycles. The fourth-order valence-electron chi connectivity index (χ4n) is 2.11. The van der Waals surface area contributed by atoms with Crippen molar-refractivity contribution in [1.29, 1.82) is 0 Å². The number of thiophene rings is 1. The minimum atomic E-state index is -0.155. The van der Waals surface area contributed by atoms with E-state index in [4.69, 9.17) is 0 Å². The Morgan fingerprint density at radius 2 is 2.14 bits per heavy atom. The maximum absolute atomic E-state index is 12.2. The predicted molar refractivity (Wildman–Crippen MR) is 93.8 cm³/mol. The number of carbonyl (C=O) groups excluding carboxylic acids is 1. The summed E-state index contributed by atoms with van der Waals surface area (Å²) in [4.78, 5) is 35.2. The number of amides is 1. The highest BCUT2D eigenvalue weighted by atomic mass is 32.2. The van der Waals surface area contributed by atoms with E-state index in [1.54, 1.807) is 23.3 Å². The van der Waals surface area contributed by atoms with Gasteiger partial charge in [0.15, 0.2) is 0 Å². The smallest absolute Gasteiger partial charge is 0.259 e. The summed E-state index contributed by atoms with van der Waals surface area (Å²) >= 11 is 3.03. The molecule has 0 saturated carbocycles. The summed E-state index contributed by atoms with van der Waals surface area (Å²) in [5, 5.41) is 0.531. The summed E-state index contributed by atoms with van der Waals surface area (Å²) in [6, 6.07) is 0. The molecule has 2 aromatic rings. The van der Waals surface area contributed by atoms with Gasteiger partial charge in [-0.05, 0) is 33.3 Å². The molecule has 2 rings (SSSR count). The van der Waals surface area contributed by atoms with Crippen molar-refractivity contribution in [3.05, 3.63) is 26.6 Å². The molecule has 120 valence electrons. The Labute approximate surface area is 138 Å². The highest BCUT2D eigenvalue weighted by Gasteiger charge is 2.18. The lowest BCUT2D eigenvalue weighted by atomic mass is 10.2. The lowest BCUT2D eigenvalue weighted by Crippen LogP contribution is -2.33. The van der Waals surface area contributed by atoms with Crippen molar-refractivity contribution in [2.75, 3.05) is 13.6 Å². The number of thioether (sulfide) groups is 1. The molecule has 1 amide bonds. The number of aryl methyl sites for hydroxylation is 2. The van der Waals surface area contributed by atoms with Gasteiger partial charge in [0.05, 0.1) is 16.4 Å². The van der Waals surface area contributed by atoms with E-state index in [1.165, 1.54) is 11.8 Å². The molecular formula is C15H21N3O2S2. The van der Waals surface area contributed by atoms with Crippen LogP contribution in [-0.2, 0) is 10.5 Å². The minimum Gasteiger partial charge on any atom is -0.345 e. The van der Waals surface area contributed by atoms with E-state index in [0.29, 0.717) is 23.5 Å². The van der Waals surface area contributed by atoms with Crippen LogP contribution in [-0.4, -0.2) is 39.6 Å². The largest absolute Gasteiger partial charge is 0.345 e. The van der Waals surface area contributed by atoms with Crippen LogP contribution >= 0.6 is 23.1 Å². The van der Waals surface area contributed by atoms with Crippen molar-refractivity contribution in [2.24, 2.45) is 0 Å². The summed E-state index contributed by atoms with van der Waals surface area (Å²) in [7, 11) is 1.79. The third kappa shape index (κ3) is 3.35. The Bertz CT molecular complexity index is 751. The Balaban J connectivity index is 2.16. The van der Waals surface area contributed by atoms with Gasteiger partial charge in [-0.25, -0.2) is 4.98 Å². The molecule has 1 atom stereocenters. The predicted octanol–water partition coefficient (Wildman–Crippen LogP) is 2.70. The SMILES string of the molecule is CCN(C)C(=O)C(C)SCc1nc2sc(C)c(C)c2c(=O)[nH]1. The van der Waals surface area contributed by atoms with Crippen molar-refractivity contribution in [3.63, 3.8) is 0 Å². The van der Waals surface area contributed by atoms with Crippen LogP contribution in [0.1, 0.15) is 30.1 Å². The van der Waals surface area contributed by atoms with Crippen molar-refractivity contribution < 1.29 is 4.79 Å². The number of hydrogen-bond donors (Lipinski definition) is 1. The highest BCUT2D eigenvalue weighted by Crippen LogP contribution is 2.26. The summed E-state index contributed by atoms with van der Waals surface area (Å²) in [5.74, 6) is 1.24. The molecule has 0 fully saturated rings. The van der Waals surface area contributed by atoms with Crippen LogP contribution < -0.4 is 5.56 Å². The second kappa shape index (κ2) is 6.83. The molecule has 2 aromatic heterocycles. The molecule has 0 aromatic carbocycles. The number of fused-ring (bicyclic) bond motifs is 1. The van der Waals surface area contributed by atoms with Gasteiger partial charge in [-0.1, -0.05) is 0 Å². The fourth-order valence-corrected chi connectivity index (χ4v) is 4.02. The maximum atomic E-state index is 12.2. The van der Waals surface area contributed by atoms with Gasteiger partial charge in [-0.2, -0.15) is 0 Å². The van der Waals surface area contributed by atoms with Gasteiger partial charge in [-0.3, -0.25) is 9.59 Å². The first-order chi connectivity index (χ1) is 10.3. The van der Waals surface area contributed by atoms with E-state index in [-0.39, 0.29) is 16.7 Å². The summed E-state index contributed by atoms with van der Waals surface area (Å²) in [6.07, 6.45) is 0. The van der Waals surface area contributed by atoms with Crippen molar-refractivity contribution in [2.45, 2.75) is 38.7 Å². The number of aromatic amines is 1. The maximum Gasteiger partial charge on any atom is 0.259 e. The molecule has 2 heterocycles. The first kappa shape index (κ1) is 17.0. The lowest BCUT2D eigenvalue weighted by molar-refractivity contribution is -0.128. The van der Waals surface area contributed by atoms with Crippen LogP contribution in [0.5, 0.6) is 0 Å². The summed E-state index contributed by atoms with van der Waals surface area (Å²) < 4.78 is 0. The standard InChI is InChI=1S/C15H21N3O2S2/c1-6-18(5)15(20)10(4)21-7-11-16-13(19)12-8(2)9(3)22-14(12)17-11/h10H,6-7H2,1-5H3,(H,16,17,19). The molecule has 0 saturated heterocycles. The third-order valence-electron chi connectivity index (χ3n) is 3.76. The monoisotopic (exact) mass is 339 g/mol. The van der Waals surface area contributed by atoms with E-state index in [2.05, 4.69) is 9.97 Å². The first-order valence-electron chi connectivity index (χ1n) is 7.20. The van der Waals surface area contributed by atoms with Gasteiger partial charge >= 0.3 is 0 Å². The van der Waals surface area contributed by atoms with E-state index >= 15 is 0 Å². The van der Waals surface area contributed by atoms with Gasteiger partial charge in [0.25, 0.3) is 5.56 Å². The molecule has 1 N–H and O–H groups in total. The quantitative estimate of drug-likeness (QED) is 0.909. The molecule has 0 aliphatic rings. The summed E-state index contributed by atoms with van der Waals surface area (Å²) in [6.45, 7) is 8.47. The number of nitrogens with one attached hydrogen (secondary N) is 1. The van der Waals surface area contributed by atoms with E-state index in [1.807, 2.05) is 27.7 Å². The number of aromatic nitrogens is 2. The average molecular weight is 339 g/mol. The van der Waals surface area contributed by atoms with Crippen LogP contribution in [0.3, 0.4) is 0 Å². The van der Waals surface area contributed by atoms with Crippen LogP contribution in [0.2, 0.25) is 0 Å². The molecular weight excluding hydrogens is 318 g/mol. The second-order valence-corrected chi connectivity index (χ2v) is 7.81. The molecule has 0 spiro atoms. The van der Waals surface area contributed by atoms with E-state index in [0.717, 1.165) is 15.3 Å². The van der Waals surface area contributed by atoms with Crippen molar-refractivity contribution in [1.82, 2.24) is 14.9 Å². The van der Waals surface area contributed by atoms with Gasteiger partial charge < -0.3 is 9.88 Å². The molecule has 22 heavy (non-hydrogen) atoms. The van der Waals surface area contributed by atoms with Crippen molar-refractivity contribution in [3.8, 4) is 0 Å². The molecule has 1 unspecified atom stereocenters. The Morgan fingerprint density at radius 3 is 2.77 bits per heavy atom. The minimum absolute atomic E-state index is 0.0906. The number of rotatable bonds is 5. The molecule has 5 nitrogen and oxygen atoms in total. The Hall–Kier alpha value is -1.34. The third-order valence-corrected chi connectivity index (χ3v) is 6.00. The van der Waals surface area contributed by atoms with E-state index in [9.17, 15) is 9.59 Å². The van der Waals surface area contributed by atoms with E-state index < -0.39 is 0 Å². The molecule has 0 bridgehead atoms. The van der Waals surface area contributed by atoms with Gasteiger partial charge in [-0.15, -0.1) is 23.1 Å². The molecule has 7 heteroatoms. The van der Waals surface area contributed by atoms with Gasteiger partial charge in [0.2, 0.25) is 5.91 Å². The highest BCUT2D eigenvalue weighted by molar-refractivity contribution is 7.99. The first-order valence-corrected chi connectivity index (χ1v) is 9.07. The van der Waals surface area contributed by atoms with Gasteiger partial charge in [0, 0.05) is 18.5 Å². The van der Waals surface area contributed by atoms with Crippen molar-refractivity contribution >= 4 is 39.2 Å².